The fraction of sp³-hybridized carbons (Fsp3) is 0.737. The van der Waals surface area contributed by atoms with Gasteiger partial charge in [-0.25, -0.2) is 4.98 Å². The van der Waals surface area contributed by atoms with Crippen molar-refractivity contribution >= 4 is 17.7 Å². The normalized spacial score (nSPS) is 31.3. The number of aliphatic hydroxyl groups is 1. The molecule has 0 spiro atoms. The number of primary amides is 1. The van der Waals surface area contributed by atoms with Crippen molar-refractivity contribution in [2.45, 2.75) is 82.1 Å². The minimum absolute atomic E-state index is 0.0479. The molecule has 8 nitrogen and oxygen atoms in total. The number of rotatable bonds is 6. The van der Waals surface area contributed by atoms with E-state index in [1.807, 2.05) is 6.92 Å². The van der Waals surface area contributed by atoms with Crippen LogP contribution < -0.4 is 16.4 Å². The predicted molar refractivity (Wildman–Crippen MR) is 104 cm³/mol. The molecule has 3 rings (SSSR count). The van der Waals surface area contributed by atoms with Crippen LogP contribution in [0.15, 0.2) is 6.20 Å². The number of hydrogen-bond donors (Lipinski definition) is 4. The highest BCUT2D eigenvalue weighted by molar-refractivity contribution is 5.97. The van der Waals surface area contributed by atoms with Crippen molar-refractivity contribution in [3.8, 4) is 0 Å². The minimum atomic E-state index is -0.698. The van der Waals surface area contributed by atoms with Crippen molar-refractivity contribution in [3.63, 3.8) is 0 Å². The largest absolute Gasteiger partial charge is 0.390 e. The van der Waals surface area contributed by atoms with E-state index in [0.29, 0.717) is 30.3 Å². The molecule has 2 aliphatic rings. The number of anilines is 2. The number of carbonyl (C=O) groups excluding carboxylic acids is 1. The second-order valence-corrected chi connectivity index (χ2v) is 8.11. The lowest BCUT2D eigenvalue weighted by molar-refractivity contribution is 0.0182. The van der Waals surface area contributed by atoms with E-state index < -0.39 is 11.5 Å². The van der Waals surface area contributed by atoms with Gasteiger partial charge in [0.1, 0.15) is 5.82 Å². The number of amides is 1. The van der Waals surface area contributed by atoms with Gasteiger partial charge in [0, 0.05) is 25.4 Å². The molecule has 2 saturated carbocycles. The molecule has 1 aromatic rings. The molecule has 1 aromatic heterocycles. The Bertz CT molecular complexity index is 659. The van der Waals surface area contributed by atoms with Crippen molar-refractivity contribution in [3.05, 3.63) is 11.8 Å². The summed E-state index contributed by atoms with van der Waals surface area (Å²) in [5.41, 5.74) is 5.07. The van der Waals surface area contributed by atoms with E-state index in [9.17, 15) is 9.90 Å². The van der Waals surface area contributed by atoms with Crippen LogP contribution in [0.25, 0.3) is 0 Å². The molecule has 0 saturated heterocycles. The summed E-state index contributed by atoms with van der Waals surface area (Å²) in [6, 6.07) is 0.339. The van der Waals surface area contributed by atoms with Gasteiger partial charge < -0.3 is 26.2 Å². The van der Waals surface area contributed by atoms with Crippen molar-refractivity contribution in [2.75, 3.05) is 17.7 Å². The molecule has 0 aromatic carbocycles. The molecule has 1 amide bonds. The molecule has 0 bridgehead atoms. The van der Waals surface area contributed by atoms with Gasteiger partial charge in [0.2, 0.25) is 5.95 Å². The molecule has 8 heteroatoms. The summed E-state index contributed by atoms with van der Waals surface area (Å²) >= 11 is 0. The number of nitrogens with zero attached hydrogens (tertiary/aromatic N) is 2. The molecule has 0 aliphatic heterocycles. The SMILES string of the molecule is COC1CCC(Nc2ncc(C(N)=O)c(N[C@@H]3CCCC(C)(O)C3)n2)CC1. The Balaban J connectivity index is 1.70. The lowest BCUT2D eigenvalue weighted by atomic mass is 9.83. The first-order valence-electron chi connectivity index (χ1n) is 9.81. The maximum atomic E-state index is 11.8. The van der Waals surface area contributed by atoms with E-state index >= 15 is 0 Å². The Morgan fingerprint density at radius 3 is 2.63 bits per heavy atom. The van der Waals surface area contributed by atoms with E-state index in [1.54, 1.807) is 7.11 Å². The first-order valence-corrected chi connectivity index (χ1v) is 9.81. The third kappa shape index (κ3) is 5.29. The molecule has 1 unspecified atom stereocenters. The second-order valence-electron chi connectivity index (χ2n) is 8.11. The monoisotopic (exact) mass is 377 g/mol. The van der Waals surface area contributed by atoms with E-state index in [-0.39, 0.29) is 11.6 Å². The molecule has 5 N–H and O–H groups in total. The zero-order valence-electron chi connectivity index (χ0n) is 16.2. The molecule has 150 valence electrons. The van der Waals surface area contributed by atoms with Crippen LogP contribution in [0.1, 0.15) is 68.6 Å². The Labute approximate surface area is 160 Å². The number of methoxy groups -OCH3 is 1. The number of carbonyl (C=O) groups is 1. The smallest absolute Gasteiger partial charge is 0.254 e. The number of nitrogens with two attached hydrogens (primary N) is 1. The van der Waals surface area contributed by atoms with E-state index in [1.165, 1.54) is 6.20 Å². The summed E-state index contributed by atoms with van der Waals surface area (Å²) < 4.78 is 5.41. The average Bonchev–Trinajstić information content (AvgIpc) is 2.61. The number of aromatic nitrogens is 2. The highest BCUT2D eigenvalue weighted by Crippen LogP contribution is 2.30. The Hall–Kier alpha value is -1.93. The standard InChI is InChI=1S/C19H31N5O3/c1-19(26)9-3-4-13(10-19)22-17-15(16(20)25)11-21-18(24-17)23-12-5-7-14(27-2)8-6-12/h11-14,26H,3-10H2,1-2H3,(H2,20,25)(H2,21,22,23,24)/t12?,13-,14?,19?/m1/s1. The number of hydrogen-bond acceptors (Lipinski definition) is 7. The summed E-state index contributed by atoms with van der Waals surface area (Å²) in [5.74, 6) is 0.367. The molecule has 1 heterocycles. The Morgan fingerprint density at radius 2 is 2.00 bits per heavy atom. The van der Waals surface area contributed by atoms with Crippen LogP contribution in [0, 0.1) is 0 Å². The average molecular weight is 377 g/mol. The summed E-state index contributed by atoms with van der Waals surface area (Å²) in [4.78, 5) is 20.6. The van der Waals surface area contributed by atoms with E-state index in [2.05, 4.69) is 20.6 Å². The lowest BCUT2D eigenvalue weighted by Gasteiger charge is -2.34. The van der Waals surface area contributed by atoms with Gasteiger partial charge in [-0.15, -0.1) is 0 Å². The van der Waals surface area contributed by atoms with Crippen LogP contribution >= 0.6 is 0 Å². The Kier molecular flexibility index (Phi) is 6.16. The van der Waals surface area contributed by atoms with E-state index in [4.69, 9.17) is 10.5 Å². The van der Waals surface area contributed by atoms with Gasteiger partial charge >= 0.3 is 0 Å². The summed E-state index contributed by atoms with van der Waals surface area (Å²) in [6.45, 7) is 1.85. The minimum Gasteiger partial charge on any atom is -0.390 e. The zero-order chi connectivity index (χ0) is 19.4. The van der Waals surface area contributed by atoms with Gasteiger partial charge in [0.15, 0.2) is 0 Å². The van der Waals surface area contributed by atoms with Crippen molar-refractivity contribution < 1.29 is 14.6 Å². The maximum Gasteiger partial charge on any atom is 0.254 e. The zero-order valence-corrected chi connectivity index (χ0v) is 16.2. The fourth-order valence-electron chi connectivity index (χ4n) is 4.15. The first-order chi connectivity index (χ1) is 12.9. The van der Waals surface area contributed by atoms with Gasteiger partial charge in [-0.3, -0.25) is 4.79 Å². The fourth-order valence-corrected chi connectivity index (χ4v) is 4.15. The van der Waals surface area contributed by atoms with Crippen LogP contribution in [0.4, 0.5) is 11.8 Å². The van der Waals surface area contributed by atoms with Crippen LogP contribution in [-0.2, 0) is 4.74 Å². The molecule has 2 aliphatic carbocycles. The van der Waals surface area contributed by atoms with Crippen molar-refractivity contribution in [2.24, 2.45) is 5.73 Å². The number of nitrogens with one attached hydrogen (secondary N) is 2. The van der Waals surface area contributed by atoms with Crippen LogP contribution in [0.2, 0.25) is 0 Å². The highest BCUT2D eigenvalue weighted by atomic mass is 16.5. The molecule has 0 radical (unpaired) electrons. The van der Waals surface area contributed by atoms with Gasteiger partial charge in [0.05, 0.1) is 17.3 Å². The molecular formula is C19H31N5O3. The topological polar surface area (TPSA) is 122 Å². The van der Waals surface area contributed by atoms with Crippen molar-refractivity contribution in [1.82, 2.24) is 9.97 Å². The molecule has 2 atom stereocenters. The highest BCUT2D eigenvalue weighted by Gasteiger charge is 2.31. The first kappa shape index (κ1) is 19.8. The molecular weight excluding hydrogens is 346 g/mol. The second kappa shape index (κ2) is 8.39. The summed E-state index contributed by atoms with van der Waals surface area (Å²) in [7, 11) is 1.75. The lowest BCUT2D eigenvalue weighted by Crippen LogP contribution is -2.38. The third-order valence-electron chi connectivity index (χ3n) is 5.69. The van der Waals surface area contributed by atoms with Crippen molar-refractivity contribution in [1.29, 1.82) is 0 Å². The summed E-state index contributed by atoms with van der Waals surface area (Å²) in [6.07, 6.45) is 9.05. The Morgan fingerprint density at radius 1 is 1.26 bits per heavy atom. The number of ether oxygens (including phenoxy) is 1. The van der Waals surface area contributed by atoms with Crippen LogP contribution in [0.3, 0.4) is 0 Å². The van der Waals surface area contributed by atoms with Gasteiger partial charge in [-0.1, -0.05) is 0 Å². The predicted octanol–water partition coefficient (Wildman–Crippen LogP) is 2.05. The maximum absolute atomic E-state index is 11.8. The van der Waals surface area contributed by atoms with Gasteiger partial charge in [-0.05, 0) is 58.3 Å². The third-order valence-corrected chi connectivity index (χ3v) is 5.69. The van der Waals surface area contributed by atoms with Gasteiger partial charge in [0.25, 0.3) is 5.91 Å². The molecule has 2 fully saturated rings. The van der Waals surface area contributed by atoms with Crippen LogP contribution in [0.5, 0.6) is 0 Å². The van der Waals surface area contributed by atoms with E-state index in [0.717, 1.165) is 44.9 Å². The van der Waals surface area contributed by atoms with Crippen LogP contribution in [-0.4, -0.2) is 51.9 Å². The quantitative estimate of drug-likeness (QED) is 0.598. The van der Waals surface area contributed by atoms with Gasteiger partial charge in [-0.2, -0.15) is 4.98 Å². The summed E-state index contributed by atoms with van der Waals surface area (Å²) in [5, 5.41) is 17.0. The molecule has 27 heavy (non-hydrogen) atoms.